The fraction of sp³-hybridized carbons (Fsp3) is 1.00. The molecule has 0 aromatic rings. The predicted octanol–water partition coefficient (Wildman–Crippen LogP) is 2.11. The fourth-order valence-electron chi connectivity index (χ4n) is 2.68. The molecule has 1 saturated carbocycles. The van der Waals surface area contributed by atoms with Crippen molar-refractivity contribution in [3.05, 3.63) is 0 Å². The Morgan fingerprint density at radius 1 is 1.33 bits per heavy atom. The zero-order chi connectivity index (χ0) is 10.7. The van der Waals surface area contributed by atoms with Crippen LogP contribution in [0, 0.1) is 11.8 Å². The molecule has 1 aliphatic carbocycles. The molecule has 1 heterocycles. The van der Waals surface area contributed by atoms with Crippen LogP contribution in [0.5, 0.6) is 0 Å². The van der Waals surface area contributed by atoms with Gasteiger partial charge in [0.05, 0.1) is 0 Å². The van der Waals surface area contributed by atoms with Crippen LogP contribution in [0.15, 0.2) is 0 Å². The van der Waals surface area contributed by atoms with E-state index in [4.69, 9.17) is 0 Å². The van der Waals surface area contributed by atoms with Gasteiger partial charge in [-0.1, -0.05) is 13.8 Å². The number of nitrogens with zero attached hydrogens (tertiary/aromatic N) is 1. The molecule has 0 spiro atoms. The van der Waals surface area contributed by atoms with E-state index in [-0.39, 0.29) is 0 Å². The zero-order valence-electron chi connectivity index (χ0n) is 10.3. The summed E-state index contributed by atoms with van der Waals surface area (Å²) in [6.07, 6.45) is 5.44. The third-order valence-electron chi connectivity index (χ3n) is 4.14. The van der Waals surface area contributed by atoms with Crippen LogP contribution < -0.4 is 5.32 Å². The van der Waals surface area contributed by atoms with E-state index in [1.165, 1.54) is 51.9 Å². The Hall–Kier alpha value is -0.0800. The summed E-state index contributed by atoms with van der Waals surface area (Å²) in [5.41, 5.74) is 0. The average molecular weight is 210 g/mol. The summed E-state index contributed by atoms with van der Waals surface area (Å²) in [6.45, 7) is 9.91. The maximum Gasteiger partial charge on any atom is 0.00766 e. The average Bonchev–Trinajstić information content (AvgIpc) is 2.87. The highest BCUT2D eigenvalue weighted by Crippen LogP contribution is 2.38. The molecule has 0 bridgehead atoms. The van der Waals surface area contributed by atoms with Crippen molar-refractivity contribution < 1.29 is 0 Å². The topological polar surface area (TPSA) is 15.3 Å². The number of hydrogen-bond donors (Lipinski definition) is 1. The van der Waals surface area contributed by atoms with Crippen LogP contribution in [0.4, 0.5) is 0 Å². The van der Waals surface area contributed by atoms with E-state index in [1.807, 2.05) is 0 Å². The Morgan fingerprint density at radius 3 is 2.80 bits per heavy atom. The lowest BCUT2D eigenvalue weighted by Gasteiger charge is -2.28. The number of nitrogens with one attached hydrogen (secondary N) is 1. The van der Waals surface area contributed by atoms with Gasteiger partial charge in [0, 0.05) is 12.6 Å². The molecule has 88 valence electrons. The molecule has 3 atom stereocenters. The van der Waals surface area contributed by atoms with Gasteiger partial charge in [-0.3, -0.25) is 0 Å². The highest BCUT2D eigenvalue weighted by molar-refractivity contribution is 4.86. The molecule has 1 aliphatic heterocycles. The van der Waals surface area contributed by atoms with Gasteiger partial charge in [0.2, 0.25) is 0 Å². The van der Waals surface area contributed by atoms with Crippen LogP contribution in [0.1, 0.15) is 39.5 Å². The molecule has 2 rings (SSSR count). The summed E-state index contributed by atoms with van der Waals surface area (Å²) in [7, 11) is 0. The molecule has 1 saturated heterocycles. The fourth-order valence-corrected chi connectivity index (χ4v) is 2.68. The molecule has 3 unspecified atom stereocenters. The lowest BCUT2D eigenvalue weighted by Crippen LogP contribution is -2.40. The molecule has 2 fully saturated rings. The molecule has 0 radical (unpaired) electrons. The van der Waals surface area contributed by atoms with Gasteiger partial charge >= 0.3 is 0 Å². The van der Waals surface area contributed by atoms with E-state index in [1.54, 1.807) is 0 Å². The lowest BCUT2D eigenvalue weighted by atomic mass is 10.1. The molecule has 2 heteroatoms. The number of rotatable bonds is 3. The van der Waals surface area contributed by atoms with Crippen LogP contribution in [0.2, 0.25) is 0 Å². The van der Waals surface area contributed by atoms with Crippen molar-refractivity contribution >= 4 is 0 Å². The smallest absolute Gasteiger partial charge is 0.00766 e. The van der Waals surface area contributed by atoms with Crippen molar-refractivity contribution in [2.24, 2.45) is 11.8 Å². The summed E-state index contributed by atoms with van der Waals surface area (Å²) in [4.78, 5) is 2.71. The van der Waals surface area contributed by atoms with Crippen LogP contribution in [-0.4, -0.2) is 37.1 Å². The molecule has 1 N–H and O–H groups in total. The van der Waals surface area contributed by atoms with Crippen molar-refractivity contribution in [2.45, 2.75) is 45.6 Å². The zero-order valence-corrected chi connectivity index (χ0v) is 10.3. The number of hydrogen-bond acceptors (Lipinski definition) is 2. The third-order valence-corrected chi connectivity index (χ3v) is 4.14. The van der Waals surface area contributed by atoms with Crippen molar-refractivity contribution in [1.82, 2.24) is 10.2 Å². The molecular weight excluding hydrogens is 184 g/mol. The van der Waals surface area contributed by atoms with Gasteiger partial charge in [-0.05, 0) is 57.2 Å². The van der Waals surface area contributed by atoms with E-state index in [0.717, 1.165) is 17.9 Å². The summed E-state index contributed by atoms with van der Waals surface area (Å²) >= 11 is 0. The van der Waals surface area contributed by atoms with Crippen molar-refractivity contribution in [2.75, 3.05) is 26.2 Å². The summed E-state index contributed by atoms with van der Waals surface area (Å²) in [5.74, 6) is 2.04. The predicted molar refractivity (Wildman–Crippen MR) is 65.0 cm³/mol. The third kappa shape index (κ3) is 3.46. The van der Waals surface area contributed by atoms with Crippen molar-refractivity contribution in [3.8, 4) is 0 Å². The Bertz CT molecular complexity index is 193. The van der Waals surface area contributed by atoms with Gasteiger partial charge in [0.25, 0.3) is 0 Å². The first-order chi connectivity index (χ1) is 7.29. The van der Waals surface area contributed by atoms with Crippen LogP contribution in [0.25, 0.3) is 0 Å². The second kappa shape index (κ2) is 5.31. The van der Waals surface area contributed by atoms with E-state index in [9.17, 15) is 0 Å². The molecule has 2 nitrogen and oxygen atoms in total. The highest BCUT2D eigenvalue weighted by Gasteiger charge is 2.33. The van der Waals surface area contributed by atoms with E-state index in [2.05, 4.69) is 24.1 Å². The minimum Gasteiger partial charge on any atom is -0.314 e. The van der Waals surface area contributed by atoms with Gasteiger partial charge in [-0.2, -0.15) is 0 Å². The second-order valence-electron chi connectivity index (χ2n) is 5.48. The Morgan fingerprint density at radius 2 is 2.13 bits per heavy atom. The standard InChI is InChI=1S/C13H26N2/c1-3-13-5-8-15(7-4-6-14-13)10-12-9-11(12)2/h11-14H,3-10H2,1-2H3. The van der Waals surface area contributed by atoms with E-state index in [0.29, 0.717) is 0 Å². The van der Waals surface area contributed by atoms with E-state index < -0.39 is 0 Å². The normalized spacial score (nSPS) is 38.4. The van der Waals surface area contributed by atoms with Gasteiger partial charge in [0.1, 0.15) is 0 Å². The first-order valence-electron chi connectivity index (χ1n) is 6.75. The molecule has 15 heavy (non-hydrogen) atoms. The second-order valence-corrected chi connectivity index (χ2v) is 5.48. The molecule has 0 aromatic carbocycles. The highest BCUT2D eigenvalue weighted by atomic mass is 15.1. The molecule has 0 amide bonds. The summed E-state index contributed by atoms with van der Waals surface area (Å²) < 4.78 is 0. The van der Waals surface area contributed by atoms with Crippen molar-refractivity contribution in [1.29, 1.82) is 0 Å². The monoisotopic (exact) mass is 210 g/mol. The van der Waals surface area contributed by atoms with Crippen LogP contribution in [-0.2, 0) is 0 Å². The first kappa shape index (κ1) is 11.4. The van der Waals surface area contributed by atoms with Gasteiger partial charge in [-0.15, -0.1) is 0 Å². The van der Waals surface area contributed by atoms with Crippen LogP contribution >= 0.6 is 0 Å². The largest absolute Gasteiger partial charge is 0.314 e. The maximum absolute atomic E-state index is 3.64. The maximum atomic E-state index is 3.64. The molecule has 0 aromatic heterocycles. The summed E-state index contributed by atoms with van der Waals surface area (Å²) in [6, 6.07) is 0.768. The quantitative estimate of drug-likeness (QED) is 0.767. The van der Waals surface area contributed by atoms with Gasteiger partial charge in [0.15, 0.2) is 0 Å². The Labute approximate surface area is 94.4 Å². The van der Waals surface area contributed by atoms with Crippen molar-refractivity contribution in [3.63, 3.8) is 0 Å². The lowest BCUT2D eigenvalue weighted by molar-refractivity contribution is 0.221. The van der Waals surface area contributed by atoms with Gasteiger partial charge < -0.3 is 10.2 Å². The minimum absolute atomic E-state index is 0.768. The molecule has 2 aliphatic rings. The Kier molecular flexibility index (Phi) is 4.04. The van der Waals surface area contributed by atoms with Crippen LogP contribution in [0.3, 0.4) is 0 Å². The van der Waals surface area contributed by atoms with E-state index >= 15 is 0 Å². The summed E-state index contributed by atoms with van der Waals surface area (Å²) in [5, 5.41) is 3.64. The first-order valence-corrected chi connectivity index (χ1v) is 6.75. The Balaban J connectivity index is 1.73. The SMILES string of the molecule is CCC1CCN(CC2CC2C)CCCN1. The molecular formula is C13H26N2. The minimum atomic E-state index is 0.768. The van der Waals surface area contributed by atoms with Gasteiger partial charge in [-0.25, -0.2) is 0 Å².